The molecule has 0 aromatic heterocycles. The normalized spacial score (nSPS) is 12.0. The van der Waals surface area contributed by atoms with Gasteiger partial charge in [-0.2, -0.15) is 0 Å². The summed E-state index contributed by atoms with van der Waals surface area (Å²) in [5.41, 5.74) is 6.07. The Labute approximate surface area is 106 Å². The van der Waals surface area contributed by atoms with E-state index in [2.05, 4.69) is 0 Å². The molecule has 100 valence electrons. The molecule has 1 rings (SSSR count). The van der Waals surface area contributed by atoms with Crippen LogP contribution in [0.5, 0.6) is 5.75 Å². The van der Waals surface area contributed by atoms with Crippen LogP contribution in [0.2, 0.25) is 0 Å². The van der Waals surface area contributed by atoms with Crippen molar-refractivity contribution in [1.29, 1.82) is 0 Å². The van der Waals surface area contributed by atoms with Crippen molar-refractivity contribution in [3.63, 3.8) is 0 Å². The lowest BCUT2D eigenvalue weighted by molar-refractivity contribution is -0.151. The minimum Gasteiger partial charge on any atom is -0.476 e. The predicted octanol–water partition coefficient (Wildman–Crippen LogP) is 2.00. The number of esters is 1. The van der Waals surface area contributed by atoms with Crippen LogP contribution in [0, 0.1) is 5.82 Å². The number of halogens is 1. The van der Waals surface area contributed by atoms with Gasteiger partial charge >= 0.3 is 5.97 Å². The quantitative estimate of drug-likeness (QED) is 0.790. The molecular formula is C13H18FNO3. The van der Waals surface area contributed by atoms with Crippen molar-refractivity contribution >= 4 is 5.97 Å². The number of hydrogen-bond donors (Lipinski definition) is 1. The average molecular weight is 255 g/mol. The zero-order chi connectivity index (χ0) is 13.5. The molecule has 18 heavy (non-hydrogen) atoms. The molecule has 4 nitrogen and oxygen atoms in total. The molecule has 0 aliphatic heterocycles. The fraction of sp³-hybridized carbons (Fsp3) is 0.462. The standard InChI is InChI=1S/C13H18FNO3/c1-3-11(13(16)17-4-2)18-12-6-5-9(8-15)7-10(12)14/h5-7,11H,3-4,8,15H2,1-2H3. The first kappa shape index (κ1) is 14.4. The van der Waals surface area contributed by atoms with Gasteiger partial charge in [0.15, 0.2) is 17.7 Å². The molecule has 1 unspecified atom stereocenters. The molecule has 0 bridgehead atoms. The molecule has 2 N–H and O–H groups in total. The molecule has 0 saturated carbocycles. The van der Waals surface area contributed by atoms with E-state index in [4.69, 9.17) is 15.2 Å². The summed E-state index contributed by atoms with van der Waals surface area (Å²) in [6.45, 7) is 4.01. The third-order valence-corrected chi connectivity index (χ3v) is 2.42. The molecule has 1 atom stereocenters. The highest BCUT2D eigenvalue weighted by atomic mass is 19.1. The molecule has 0 aliphatic carbocycles. The molecule has 5 heteroatoms. The molecule has 0 saturated heterocycles. The molecule has 0 heterocycles. The second-order valence-electron chi connectivity index (χ2n) is 3.74. The summed E-state index contributed by atoms with van der Waals surface area (Å²) in [6, 6.07) is 4.43. The van der Waals surface area contributed by atoms with Gasteiger partial charge in [-0.25, -0.2) is 9.18 Å². The SMILES string of the molecule is CCOC(=O)C(CC)Oc1ccc(CN)cc1F. The van der Waals surface area contributed by atoms with Gasteiger partial charge in [0.05, 0.1) is 6.61 Å². The zero-order valence-electron chi connectivity index (χ0n) is 10.6. The Morgan fingerprint density at radius 1 is 1.44 bits per heavy atom. The Balaban J connectivity index is 2.78. The van der Waals surface area contributed by atoms with E-state index in [0.717, 1.165) is 0 Å². The number of carbonyl (C=O) groups is 1. The van der Waals surface area contributed by atoms with E-state index in [9.17, 15) is 9.18 Å². The maximum absolute atomic E-state index is 13.7. The summed E-state index contributed by atoms with van der Waals surface area (Å²) in [4.78, 5) is 11.5. The van der Waals surface area contributed by atoms with E-state index < -0.39 is 17.9 Å². The second kappa shape index (κ2) is 6.96. The van der Waals surface area contributed by atoms with Crippen LogP contribution in [0.25, 0.3) is 0 Å². The van der Waals surface area contributed by atoms with Crippen molar-refractivity contribution in [2.24, 2.45) is 5.73 Å². The highest BCUT2D eigenvalue weighted by Gasteiger charge is 2.21. The average Bonchev–Trinajstić information content (AvgIpc) is 2.37. The van der Waals surface area contributed by atoms with Gasteiger partial charge in [0.25, 0.3) is 0 Å². The van der Waals surface area contributed by atoms with E-state index >= 15 is 0 Å². The first-order valence-corrected chi connectivity index (χ1v) is 5.94. The minimum absolute atomic E-state index is 0.0344. The number of ether oxygens (including phenoxy) is 2. The van der Waals surface area contributed by atoms with Gasteiger partial charge < -0.3 is 15.2 Å². The van der Waals surface area contributed by atoms with Gasteiger partial charge in [-0.05, 0) is 31.0 Å². The zero-order valence-corrected chi connectivity index (χ0v) is 10.6. The van der Waals surface area contributed by atoms with Crippen LogP contribution < -0.4 is 10.5 Å². The van der Waals surface area contributed by atoms with Gasteiger partial charge in [0.2, 0.25) is 0 Å². The Kier molecular flexibility index (Phi) is 5.58. The molecule has 0 spiro atoms. The molecule has 0 fully saturated rings. The highest BCUT2D eigenvalue weighted by molar-refractivity contribution is 5.75. The minimum atomic E-state index is -0.789. The number of hydrogen-bond acceptors (Lipinski definition) is 4. The van der Waals surface area contributed by atoms with Gasteiger partial charge in [0, 0.05) is 6.54 Å². The topological polar surface area (TPSA) is 61.5 Å². The predicted molar refractivity (Wildman–Crippen MR) is 65.6 cm³/mol. The highest BCUT2D eigenvalue weighted by Crippen LogP contribution is 2.20. The van der Waals surface area contributed by atoms with Crippen molar-refractivity contribution in [2.45, 2.75) is 32.9 Å². The van der Waals surface area contributed by atoms with E-state index in [-0.39, 0.29) is 18.9 Å². The number of nitrogens with two attached hydrogens (primary N) is 1. The van der Waals surface area contributed by atoms with E-state index in [1.165, 1.54) is 12.1 Å². The first-order chi connectivity index (χ1) is 8.62. The molecule has 1 aromatic rings. The Hall–Kier alpha value is -1.62. The third-order valence-electron chi connectivity index (χ3n) is 2.42. The fourth-order valence-electron chi connectivity index (χ4n) is 1.45. The van der Waals surface area contributed by atoms with Crippen molar-refractivity contribution < 1.29 is 18.7 Å². The van der Waals surface area contributed by atoms with Gasteiger partial charge in [-0.15, -0.1) is 0 Å². The van der Waals surface area contributed by atoms with Crippen molar-refractivity contribution in [3.8, 4) is 5.75 Å². The molecule has 0 amide bonds. The molecule has 0 aliphatic rings. The van der Waals surface area contributed by atoms with E-state index in [0.29, 0.717) is 12.0 Å². The van der Waals surface area contributed by atoms with Crippen LogP contribution in [0.15, 0.2) is 18.2 Å². The molecule has 1 aromatic carbocycles. The lowest BCUT2D eigenvalue weighted by Gasteiger charge is -2.16. The third kappa shape index (κ3) is 3.70. The summed E-state index contributed by atoms with van der Waals surface area (Å²) in [5.74, 6) is -0.977. The smallest absolute Gasteiger partial charge is 0.347 e. The van der Waals surface area contributed by atoms with Crippen LogP contribution in [-0.4, -0.2) is 18.7 Å². The monoisotopic (exact) mass is 255 g/mol. The van der Waals surface area contributed by atoms with E-state index in [1.54, 1.807) is 19.9 Å². The number of benzene rings is 1. The summed E-state index contributed by atoms with van der Waals surface area (Å²) in [6.07, 6.45) is -0.375. The lowest BCUT2D eigenvalue weighted by Crippen LogP contribution is -2.29. The van der Waals surface area contributed by atoms with Crippen LogP contribution >= 0.6 is 0 Å². The maximum Gasteiger partial charge on any atom is 0.347 e. The Bertz CT molecular complexity index is 409. The maximum atomic E-state index is 13.7. The van der Waals surface area contributed by atoms with Crippen molar-refractivity contribution in [2.75, 3.05) is 6.61 Å². The van der Waals surface area contributed by atoms with E-state index in [1.807, 2.05) is 0 Å². The van der Waals surface area contributed by atoms with Crippen molar-refractivity contribution in [1.82, 2.24) is 0 Å². The summed E-state index contributed by atoms with van der Waals surface area (Å²) >= 11 is 0. The summed E-state index contributed by atoms with van der Waals surface area (Å²) in [5, 5.41) is 0. The molecular weight excluding hydrogens is 237 g/mol. The van der Waals surface area contributed by atoms with Gasteiger partial charge in [-0.3, -0.25) is 0 Å². The van der Waals surface area contributed by atoms with Gasteiger partial charge in [-0.1, -0.05) is 13.0 Å². The summed E-state index contributed by atoms with van der Waals surface area (Å²) in [7, 11) is 0. The largest absolute Gasteiger partial charge is 0.476 e. The lowest BCUT2D eigenvalue weighted by atomic mass is 10.2. The summed E-state index contributed by atoms with van der Waals surface area (Å²) < 4.78 is 23.8. The van der Waals surface area contributed by atoms with Crippen molar-refractivity contribution in [3.05, 3.63) is 29.6 Å². The fourth-order valence-corrected chi connectivity index (χ4v) is 1.45. The number of carbonyl (C=O) groups excluding carboxylic acids is 1. The van der Waals surface area contributed by atoms with Crippen LogP contribution in [0.4, 0.5) is 4.39 Å². The number of rotatable bonds is 6. The van der Waals surface area contributed by atoms with Gasteiger partial charge in [0.1, 0.15) is 0 Å². The first-order valence-electron chi connectivity index (χ1n) is 5.94. The second-order valence-corrected chi connectivity index (χ2v) is 3.74. The van der Waals surface area contributed by atoms with Crippen LogP contribution in [-0.2, 0) is 16.1 Å². The molecule has 0 radical (unpaired) electrons. The Morgan fingerprint density at radius 3 is 2.67 bits per heavy atom. The van der Waals surface area contributed by atoms with Crippen LogP contribution in [0.1, 0.15) is 25.8 Å². The Morgan fingerprint density at radius 2 is 2.17 bits per heavy atom. The van der Waals surface area contributed by atoms with Crippen LogP contribution in [0.3, 0.4) is 0 Å².